The maximum absolute atomic E-state index is 6.60. The Kier molecular flexibility index (Phi) is 4.57. The van der Waals surface area contributed by atoms with Crippen molar-refractivity contribution in [3.05, 3.63) is 45.7 Å². The number of anilines is 1. The van der Waals surface area contributed by atoms with Crippen LogP contribution in [0.25, 0.3) is 22.3 Å². The molecule has 0 saturated carbocycles. The largest absolute Gasteiger partial charge is 0.367 e. The summed E-state index contributed by atoms with van der Waals surface area (Å²) in [5.41, 5.74) is 2.44. The Balaban J connectivity index is 2.34. The third-order valence-electron chi connectivity index (χ3n) is 3.19. The maximum Gasteiger partial charge on any atom is 0.181 e. The molecule has 7 heteroatoms. The van der Waals surface area contributed by atoms with Gasteiger partial charge in [-0.15, -0.1) is 0 Å². The molecule has 0 atom stereocenters. The minimum Gasteiger partial charge on any atom is -0.367 e. The van der Waals surface area contributed by atoms with Crippen LogP contribution < -0.4 is 5.32 Å². The lowest BCUT2D eigenvalue weighted by atomic mass is 10.1. The predicted octanol–water partition coefficient (Wildman–Crippen LogP) is 5.47. The van der Waals surface area contributed by atoms with Gasteiger partial charge in [0.2, 0.25) is 0 Å². The number of fused-ring (bicyclic) bond motifs is 1. The van der Waals surface area contributed by atoms with Crippen molar-refractivity contribution in [3.63, 3.8) is 0 Å². The van der Waals surface area contributed by atoms with Gasteiger partial charge in [0.05, 0.1) is 10.0 Å². The van der Waals surface area contributed by atoms with Crippen LogP contribution in [-0.2, 0) is 0 Å². The highest BCUT2D eigenvalue weighted by molar-refractivity contribution is 6.40. The zero-order chi connectivity index (χ0) is 16.6. The fourth-order valence-corrected chi connectivity index (χ4v) is 3.09. The van der Waals surface area contributed by atoms with Crippen molar-refractivity contribution in [1.29, 1.82) is 0 Å². The summed E-state index contributed by atoms with van der Waals surface area (Å²) in [7, 11) is 0. The van der Waals surface area contributed by atoms with E-state index in [9.17, 15) is 0 Å². The van der Waals surface area contributed by atoms with Crippen molar-refractivity contribution in [2.45, 2.75) is 19.9 Å². The molecule has 0 saturated heterocycles. The van der Waals surface area contributed by atoms with Crippen molar-refractivity contribution in [3.8, 4) is 11.1 Å². The Labute approximate surface area is 148 Å². The summed E-state index contributed by atoms with van der Waals surface area (Å²) in [6, 6.07) is 5.42. The number of nitrogens with one attached hydrogen (secondary N) is 1. The fourth-order valence-electron chi connectivity index (χ4n) is 2.27. The topological polar surface area (TPSA) is 50.7 Å². The summed E-state index contributed by atoms with van der Waals surface area (Å²) in [4.78, 5) is 13.1. The van der Waals surface area contributed by atoms with E-state index in [4.69, 9.17) is 34.8 Å². The minimum atomic E-state index is 0.164. The number of halogens is 3. The molecule has 1 N–H and O–H groups in total. The van der Waals surface area contributed by atoms with E-state index in [0.717, 1.165) is 5.56 Å². The summed E-state index contributed by atoms with van der Waals surface area (Å²) in [5, 5.41) is 4.80. The molecule has 0 aliphatic rings. The van der Waals surface area contributed by atoms with E-state index < -0.39 is 0 Å². The van der Waals surface area contributed by atoms with E-state index in [-0.39, 0.29) is 6.04 Å². The van der Waals surface area contributed by atoms with Crippen molar-refractivity contribution < 1.29 is 0 Å². The molecule has 0 bridgehead atoms. The second kappa shape index (κ2) is 6.48. The number of rotatable bonds is 3. The van der Waals surface area contributed by atoms with Crippen LogP contribution >= 0.6 is 34.8 Å². The Bertz CT molecular complexity index is 881. The second-order valence-electron chi connectivity index (χ2n) is 5.30. The summed E-state index contributed by atoms with van der Waals surface area (Å²) in [6.07, 6.45) is 3.17. The number of pyridine rings is 1. The fraction of sp³-hybridized carbons (Fsp3) is 0.188. The number of benzene rings is 1. The van der Waals surface area contributed by atoms with Crippen LogP contribution in [0.1, 0.15) is 13.8 Å². The number of nitrogens with zero attached hydrogens (tertiary/aromatic N) is 3. The van der Waals surface area contributed by atoms with Crippen LogP contribution in [0.5, 0.6) is 0 Å². The third-order valence-corrected chi connectivity index (χ3v) is 4.10. The summed E-state index contributed by atoms with van der Waals surface area (Å²) >= 11 is 19.0. The molecule has 0 spiro atoms. The normalized spacial score (nSPS) is 11.2. The highest BCUT2D eigenvalue weighted by Gasteiger charge is 2.19. The molecule has 0 radical (unpaired) electrons. The van der Waals surface area contributed by atoms with Crippen LogP contribution in [0.2, 0.25) is 15.1 Å². The molecule has 3 rings (SSSR count). The Morgan fingerprint density at radius 3 is 2.48 bits per heavy atom. The van der Waals surface area contributed by atoms with E-state index in [1.165, 1.54) is 0 Å². The van der Waals surface area contributed by atoms with Gasteiger partial charge in [-0.3, -0.25) is 0 Å². The standard InChI is InChI=1S/C16H13Cl3N4/c1-8(2)22-15-12(10-4-3-9(17)7-11(10)18)13(19)14-16(23-15)21-6-5-20-14/h3-8H,1-2H3,(H,21,22,23). The first kappa shape index (κ1) is 16.2. The summed E-state index contributed by atoms with van der Waals surface area (Å²) in [6.45, 7) is 4.04. The smallest absolute Gasteiger partial charge is 0.181 e. The van der Waals surface area contributed by atoms with Gasteiger partial charge in [0.15, 0.2) is 5.65 Å². The van der Waals surface area contributed by atoms with Crippen LogP contribution in [0.4, 0.5) is 5.82 Å². The van der Waals surface area contributed by atoms with Crippen LogP contribution in [0.3, 0.4) is 0 Å². The molecule has 0 unspecified atom stereocenters. The lowest BCUT2D eigenvalue weighted by Crippen LogP contribution is -2.13. The van der Waals surface area contributed by atoms with Gasteiger partial charge in [-0.1, -0.05) is 40.9 Å². The highest BCUT2D eigenvalue weighted by Crippen LogP contribution is 2.41. The van der Waals surface area contributed by atoms with Crippen molar-refractivity contribution >= 4 is 51.8 Å². The molecule has 0 aliphatic heterocycles. The molecule has 0 fully saturated rings. The molecule has 4 nitrogen and oxygen atoms in total. The first-order chi connectivity index (χ1) is 11.0. The molecule has 0 aliphatic carbocycles. The molecule has 118 valence electrons. The van der Waals surface area contributed by atoms with Gasteiger partial charge in [0.1, 0.15) is 11.3 Å². The third kappa shape index (κ3) is 3.20. The zero-order valence-electron chi connectivity index (χ0n) is 12.4. The Morgan fingerprint density at radius 1 is 1.04 bits per heavy atom. The van der Waals surface area contributed by atoms with Gasteiger partial charge in [-0.2, -0.15) is 0 Å². The zero-order valence-corrected chi connectivity index (χ0v) is 14.7. The van der Waals surface area contributed by atoms with Gasteiger partial charge in [-0.05, 0) is 26.0 Å². The van der Waals surface area contributed by atoms with Crippen LogP contribution in [-0.4, -0.2) is 21.0 Å². The lowest BCUT2D eigenvalue weighted by molar-refractivity contribution is 0.891. The second-order valence-corrected chi connectivity index (χ2v) is 6.52. The summed E-state index contributed by atoms with van der Waals surface area (Å²) < 4.78 is 0. The molecule has 23 heavy (non-hydrogen) atoms. The Morgan fingerprint density at radius 2 is 1.78 bits per heavy atom. The van der Waals surface area contributed by atoms with E-state index in [1.807, 2.05) is 19.9 Å². The van der Waals surface area contributed by atoms with Crippen molar-refractivity contribution in [2.24, 2.45) is 0 Å². The molecule has 2 aromatic heterocycles. The molecule has 2 heterocycles. The monoisotopic (exact) mass is 366 g/mol. The lowest BCUT2D eigenvalue weighted by Gasteiger charge is -2.17. The molecule has 0 amide bonds. The van der Waals surface area contributed by atoms with Crippen LogP contribution in [0.15, 0.2) is 30.6 Å². The van der Waals surface area contributed by atoms with Crippen molar-refractivity contribution in [1.82, 2.24) is 15.0 Å². The van der Waals surface area contributed by atoms with Crippen molar-refractivity contribution in [2.75, 3.05) is 5.32 Å². The molecular weight excluding hydrogens is 355 g/mol. The average molecular weight is 368 g/mol. The number of aromatic nitrogens is 3. The molecule has 3 aromatic rings. The first-order valence-corrected chi connectivity index (χ1v) is 8.13. The van der Waals surface area contributed by atoms with Gasteiger partial charge in [0.25, 0.3) is 0 Å². The quantitative estimate of drug-likeness (QED) is 0.666. The minimum absolute atomic E-state index is 0.164. The highest BCUT2D eigenvalue weighted by atomic mass is 35.5. The van der Waals surface area contributed by atoms with Gasteiger partial charge in [0, 0.05) is 34.6 Å². The first-order valence-electron chi connectivity index (χ1n) is 6.99. The number of hydrogen-bond donors (Lipinski definition) is 1. The van der Waals surface area contributed by atoms with Gasteiger partial charge < -0.3 is 5.32 Å². The van der Waals surface area contributed by atoms with E-state index >= 15 is 0 Å². The predicted molar refractivity (Wildman–Crippen MR) is 96.6 cm³/mol. The van der Waals surface area contributed by atoms with Gasteiger partial charge in [-0.25, -0.2) is 15.0 Å². The average Bonchev–Trinajstić information content (AvgIpc) is 2.48. The SMILES string of the molecule is CC(C)Nc1nc2nccnc2c(Cl)c1-c1ccc(Cl)cc1Cl. The summed E-state index contributed by atoms with van der Waals surface area (Å²) in [5.74, 6) is 0.613. The number of hydrogen-bond acceptors (Lipinski definition) is 4. The van der Waals surface area contributed by atoms with E-state index in [2.05, 4.69) is 20.3 Å². The Hall–Kier alpha value is -1.62. The van der Waals surface area contributed by atoms with E-state index in [0.29, 0.717) is 37.6 Å². The molecule has 1 aromatic carbocycles. The van der Waals surface area contributed by atoms with E-state index in [1.54, 1.807) is 24.5 Å². The maximum atomic E-state index is 6.60. The van der Waals surface area contributed by atoms with Gasteiger partial charge >= 0.3 is 0 Å². The molecular formula is C16H13Cl3N4. The van der Waals surface area contributed by atoms with Crippen LogP contribution in [0, 0.1) is 0 Å².